The van der Waals surface area contributed by atoms with E-state index in [-0.39, 0.29) is 11.8 Å². The zero-order chi connectivity index (χ0) is 22.0. The number of likely N-dealkylation sites (tertiary alicyclic amines) is 1. The van der Waals surface area contributed by atoms with Gasteiger partial charge in [0.05, 0.1) is 17.5 Å². The molecule has 0 bridgehead atoms. The molecule has 1 amide bonds. The number of hydrogen-bond donors (Lipinski definition) is 0. The van der Waals surface area contributed by atoms with Crippen LogP contribution in [0.3, 0.4) is 0 Å². The Hall–Kier alpha value is -3.49. The molecule has 0 aromatic carbocycles. The van der Waals surface area contributed by atoms with Crippen LogP contribution in [0.1, 0.15) is 46.3 Å². The predicted molar refractivity (Wildman–Crippen MR) is 117 cm³/mol. The third-order valence-corrected chi connectivity index (χ3v) is 5.51. The lowest BCUT2D eigenvalue weighted by molar-refractivity contribution is 0.0710. The molecule has 4 rings (SSSR count). The second-order valence-electron chi connectivity index (χ2n) is 7.94. The van der Waals surface area contributed by atoms with Gasteiger partial charge in [-0.1, -0.05) is 0 Å². The second kappa shape index (κ2) is 8.71. The molecule has 3 aromatic rings. The Morgan fingerprint density at radius 1 is 1.03 bits per heavy atom. The number of rotatable bonds is 4. The molecule has 3 aromatic heterocycles. The van der Waals surface area contributed by atoms with Gasteiger partial charge in [-0.25, -0.2) is 24.9 Å². The smallest absolute Gasteiger partial charge is 0.257 e. The van der Waals surface area contributed by atoms with Gasteiger partial charge in [0.2, 0.25) is 0 Å². The van der Waals surface area contributed by atoms with Crippen LogP contribution in [0.2, 0.25) is 0 Å². The van der Waals surface area contributed by atoms with Gasteiger partial charge in [-0.3, -0.25) is 9.78 Å². The number of aromatic nitrogens is 6. The van der Waals surface area contributed by atoms with Gasteiger partial charge in [0, 0.05) is 63.5 Å². The van der Waals surface area contributed by atoms with E-state index in [1.807, 2.05) is 43.8 Å². The molecule has 1 fully saturated rings. The summed E-state index contributed by atoms with van der Waals surface area (Å²) in [5, 5.41) is 0. The summed E-state index contributed by atoms with van der Waals surface area (Å²) < 4.78 is 0. The highest BCUT2D eigenvalue weighted by Gasteiger charge is 2.27. The van der Waals surface area contributed by atoms with E-state index in [1.165, 1.54) is 0 Å². The minimum Gasteiger partial charge on any atom is -0.363 e. The maximum atomic E-state index is 13.0. The Kier molecular flexibility index (Phi) is 5.83. The second-order valence-corrected chi connectivity index (χ2v) is 7.94. The number of hydrogen-bond acceptors (Lipinski definition) is 8. The number of carbonyl (C=O) groups excluding carboxylic acids is 1. The number of carbonyl (C=O) groups is 1. The monoisotopic (exact) mass is 418 g/mol. The third kappa shape index (κ3) is 4.50. The van der Waals surface area contributed by atoms with Crippen LogP contribution in [-0.4, -0.2) is 67.9 Å². The van der Waals surface area contributed by atoms with Crippen LogP contribution in [0.5, 0.6) is 0 Å². The third-order valence-electron chi connectivity index (χ3n) is 5.51. The fourth-order valence-corrected chi connectivity index (χ4v) is 3.76. The molecule has 9 nitrogen and oxygen atoms in total. The van der Waals surface area contributed by atoms with Crippen LogP contribution in [0, 0.1) is 13.8 Å². The van der Waals surface area contributed by atoms with Gasteiger partial charge >= 0.3 is 0 Å². The number of nitrogens with zero attached hydrogens (tertiary/aromatic N) is 8. The molecule has 0 spiro atoms. The van der Waals surface area contributed by atoms with Crippen molar-refractivity contribution in [3.63, 3.8) is 0 Å². The first-order valence-electron chi connectivity index (χ1n) is 10.3. The van der Waals surface area contributed by atoms with Crippen molar-refractivity contribution in [3.8, 4) is 11.5 Å². The van der Waals surface area contributed by atoms with Crippen molar-refractivity contribution in [1.82, 2.24) is 34.8 Å². The summed E-state index contributed by atoms with van der Waals surface area (Å²) in [5.74, 6) is 2.31. The molecule has 1 aliphatic rings. The van der Waals surface area contributed by atoms with Gasteiger partial charge in [-0.05, 0) is 26.7 Å². The number of anilines is 1. The Balaban J connectivity index is 1.53. The molecule has 0 unspecified atom stereocenters. The van der Waals surface area contributed by atoms with E-state index in [4.69, 9.17) is 4.98 Å². The van der Waals surface area contributed by atoms with Crippen molar-refractivity contribution in [2.24, 2.45) is 0 Å². The Morgan fingerprint density at radius 3 is 2.45 bits per heavy atom. The highest BCUT2D eigenvalue weighted by molar-refractivity contribution is 5.95. The van der Waals surface area contributed by atoms with Crippen LogP contribution < -0.4 is 4.90 Å². The van der Waals surface area contributed by atoms with Crippen molar-refractivity contribution < 1.29 is 4.79 Å². The van der Waals surface area contributed by atoms with Crippen molar-refractivity contribution in [2.45, 2.75) is 32.6 Å². The summed E-state index contributed by atoms with van der Waals surface area (Å²) in [5.41, 5.74) is 2.92. The van der Waals surface area contributed by atoms with E-state index in [2.05, 4.69) is 24.9 Å². The first kappa shape index (κ1) is 20.8. The van der Waals surface area contributed by atoms with Crippen LogP contribution in [0.15, 0.2) is 30.9 Å². The normalized spacial score (nSPS) is 14.5. The summed E-state index contributed by atoms with van der Waals surface area (Å²) in [6.07, 6.45) is 8.25. The highest BCUT2D eigenvalue weighted by Crippen LogP contribution is 2.30. The first-order chi connectivity index (χ1) is 14.9. The van der Waals surface area contributed by atoms with Crippen LogP contribution >= 0.6 is 0 Å². The Morgan fingerprint density at radius 2 is 1.81 bits per heavy atom. The summed E-state index contributed by atoms with van der Waals surface area (Å²) in [6, 6.07) is 2.03. The lowest BCUT2D eigenvalue weighted by Crippen LogP contribution is -2.38. The number of amides is 1. The first-order valence-corrected chi connectivity index (χ1v) is 10.3. The van der Waals surface area contributed by atoms with Crippen molar-refractivity contribution in [1.29, 1.82) is 0 Å². The maximum Gasteiger partial charge on any atom is 0.257 e. The van der Waals surface area contributed by atoms with E-state index in [1.54, 1.807) is 24.8 Å². The van der Waals surface area contributed by atoms with Gasteiger partial charge in [0.25, 0.3) is 5.91 Å². The van der Waals surface area contributed by atoms with Gasteiger partial charge in [-0.2, -0.15) is 0 Å². The van der Waals surface area contributed by atoms with Crippen LogP contribution in [0.25, 0.3) is 11.5 Å². The molecule has 0 saturated carbocycles. The molecule has 1 saturated heterocycles. The lowest BCUT2D eigenvalue weighted by Gasteiger charge is -2.32. The molecule has 0 atom stereocenters. The molecular formula is C22H26N8O. The molecule has 0 aliphatic carbocycles. The van der Waals surface area contributed by atoms with E-state index >= 15 is 0 Å². The molecule has 31 heavy (non-hydrogen) atoms. The average molecular weight is 419 g/mol. The molecule has 4 heterocycles. The largest absolute Gasteiger partial charge is 0.363 e. The minimum absolute atomic E-state index is 0.00660. The van der Waals surface area contributed by atoms with E-state index in [9.17, 15) is 4.79 Å². The summed E-state index contributed by atoms with van der Waals surface area (Å²) in [7, 11) is 3.92. The molecule has 0 radical (unpaired) electrons. The van der Waals surface area contributed by atoms with Crippen molar-refractivity contribution in [3.05, 3.63) is 53.6 Å². The minimum atomic E-state index is -0.00660. The molecule has 9 heteroatoms. The lowest BCUT2D eigenvalue weighted by atomic mass is 9.92. The predicted octanol–water partition coefficient (Wildman–Crippen LogP) is 2.43. The molecular weight excluding hydrogens is 392 g/mol. The Bertz CT molecular complexity index is 1080. The zero-order valence-electron chi connectivity index (χ0n) is 18.3. The highest BCUT2D eigenvalue weighted by atomic mass is 16.2. The zero-order valence-corrected chi connectivity index (χ0v) is 18.3. The average Bonchev–Trinajstić information content (AvgIpc) is 2.79. The molecule has 160 valence electrons. The summed E-state index contributed by atoms with van der Waals surface area (Å²) >= 11 is 0. The van der Waals surface area contributed by atoms with Crippen molar-refractivity contribution in [2.75, 3.05) is 32.1 Å². The Labute approximate surface area is 181 Å². The van der Waals surface area contributed by atoms with Crippen molar-refractivity contribution >= 4 is 11.7 Å². The number of piperidine rings is 1. The van der Waals surface area contributed by atoms with E-state index in [0.29, 0.717) is 36.0 Å². The topological polar surface area (TPSA) is 101 Å². The van der Waals surface area contributed by atoms with Crippen LogP contribution in [0.4, 0.5) is 5.82 Å². The van der Waals surface area contributed by atoms with Gasteiger partial charge in [0.1, 0.15) is 17.3 Å². The van der Waals surface area contributed by atoms with Gasteiger partial charge in [-0.15, -0.1) is 0 Å². The SMILES string of the molecule is Cc1ncc(C(=O)N2CCC(c3cc(N(C)C)nc(-c4cnccn4)n3)CC2)c(C)n1. The van der Waals surface area contributed by atoms with Crippen LogP contribution in [-0.2, 0) is 0 Å². The van der Waals surface area contributed by atoms with E-state index < -0.39 is 0 Å². The summed E-state index contributed by atoms with van der Waals surface area (Å²) in [6.45, 7) is 5.01. The summed E-state index contributed by atoms with van der Waals surface area (Å²) in [4.78, 5) is 43.2. The molecule has 1 aliphatic heterocycles. The fourth-order valence-electron chi connectivity index (χ4n) is 3.76. The van der Waals surface area contributed by atoms with E-state index in [0.717, 1.165) is 30.0 Å². The van der Waals surface area contributed by atoms with Gasteiger partial charge in [0.15, 0.2) is 5.82 Å². The fraction of sp³-hybridized carbons (Fsp3) is 0.409. The van der Waals surface area contributed by atoms with Gasteiger partial charge < -0.3 is 9.80 Å². The number of aryl methyl sites for hydroxylation is 2. The quantitative estimate of drug-likeness (QED) is 0.637. The maximum absolute atomic E-state index is 13.0. The molecule has 0 N–H and O–H groups in total. The standard InChI is InChI=1S/C22H26N8O/c1-14-17(12-25-15(2)26-14)22(31)30-9-5-16(6-10-30)18-11-20(29(3)4)28-21(27-18)19-13-23-7-8-24-19/h7-8,11-13,16H,5-6,9-10H2,1-4H3.